The van der Waals surface area contributed by atoms with Crippen molar-refractivity contribution in [3.8, 4) is 0 Å². The van der Waals surface area contributed by atoms with Crippen molar-refractivity contribution in [2.45, 2.75) is 51.9 Å². The molecule has 1 atom stereocenters. The molecule has 0 radical (unpaired) electrons. The number of rotatable bonds is 2. The Morgan fingerprint density at radius 3 is 2.69 bits per heavy atom. The third kappa shape index (κ3) is 2.14. The number of allylic oxidation sites excluding steroid dienone is 4. The van der Waals surface area contributed by atoms with Gasteiger partial charge >= 0.3 is 0 Å². The first-order valence-electron chi connectivity index (χ1n) is 6.57. The van der Waals surface area contributed by atoms with Crippen LogP contribution in [0.5, 0.6) is 0 Å². The quantitative estimate of drug-likeness (QED) is 0.388. The first-order valence-corrected chi connectivity index (χ1v) is 6.57. The average Bonchev–Trinajstić information content (AvgIpc) is 2.30. The van der Waals surface area contributed by atoms with E-state index in [2.05, 4.69) is 19.1 Å². The van der Waals surface area contributed by atoms with Crippen LogP contribution in [-0.2, 0) is 4.79 Å². The molecule has 16 heavy (non-hydrogen) atoms. The highest BCUT2D eigenvalue weighted by atomic mass is 16.1. The molecule has 1 unspecified atom stereocenters. The predicted molar refractivity (Wildman–Crippen MR) is 67.2 cm³/mol. The minimum atomic E-state index is 0.483. The van der Waals surface area contributed by atoms with Gasteiger partial charge in [-0.05, 0) is 44.1 Å². The van der Waals surface area contributed by atoms with Crippen LogP contribution in [-0.4, -0.2) is 6.29 Å². The normalized spacial score (nSPS) is 29.3. The number of hydrogen-bond donors (Lipinski definition) is 0. The Balaban J connectivity index is 2.24. The van der Waals surface area contributed by atoms with E-state index in [-0.39, 0.29) is 0 Å². The highest BCUT2D eigenvalue weighted by Crippen LogP contribution is 2.51. The SMILES string of the molecule is CC1=CCCC2(CCCCC2)C1/C=C/C=O. The molecule has 2 aliphatic rings. The van der Waals surface area contributed by atoms with E-state index in [1.54, 1.807) is 6.08 Å². The molecule has 1 fully saturated rings. The Morgan fingerprint density at radius 2 is 2.00 bits per heavy atom. The summed E-state index contributed by atoms with van der Waals surface area (Å²) in [7, 11) is 0. The number of carbonyl (C=O) groups is 1. The Labute approximate surface area is 98.6 Å². The zero-order valence-electron chi connectivity index (χ0n) is 10.2. The second-order valence-electron chi connectivity index (χ2n) is 5.41. The largest absolute Gasteiger partial charge is 0.299 e. The summed E-state index contributed by atoms with van der Waals surface area (Å²) in [6.45, 7) is 2.23. The Hall–Kier alpha value is -0.850. The molecule has 0 bridgehead atoms. The zero-order chi connectivity index (χ0) is 11.4. The number of hydrogen-bond acceptors (Lipinski definition) is 1. The molecule has 0 aromatic rings. The maximum absolute atomic E-state index is 10.5. The van der Waals surface area contributed by atoms with E-state index in [0.717, 1.165) is 6.29 Å². The maximum Gasteiger partial charge on any atom is 0.142 e. The monoisotopic (exact) mass is 218 g/mol. The number of aldehydes is 1. The standard InChI is InChI=1S/C15H22O/c1-13-7-5-11-15(9-3-2-4-10-15)14(13)8-6-12-16/h6-8,12,14H,2-5,9-11H2,1H3/b8-6+. The summed E-state index contributed by atoms with van der Waals surface area (Å²) in [6, 6.07) is 0. The van der Waals surface area contributed by atoms with Crippen molar-refractivity contribution >= 4 is 6.29 Å². The second kappa shape index (κ2) is 4.99. The molecule has 0 aliphatic heterocycles. The molecule has 0 heterocycles. The molecule has 88 valence electrons. The molecule has 0 N–H and O–H groups in total. The smallest absolute Gasteiger partial charge is 0.142 e. The fraction of sp³-hybridized carbons (Fsp3) is 0.667. The van der Waals surface area contributed by atoms with Gasteiger partial charge in [0.05, 0.1) is 0 Å². The molecule has 0 aromatic heterocycles. The lowest BCUT2D eigenvalue weighted by Gasteiger charge is -2.45. The molecule has 1 spiro atoms. The molecule has 2 aliphatic carbocycles. The highest BCUT2D eigenvalue weighted by Gasteiger charge is 2.40. The molecule has 1 nitrogen and oxygen atoms in total. The lowest BCUT2D eigenvalue weighted by Crippen LogP contribution is -2.34. The lowest BCUT2D eigenvalue weighted by molar-refractivity contribution is -0.104. The zero-order valence-corrected chi connectivity index (χ0v) is 10.2. The van der Waals surface area contributed by atoms with Crippen LogP contribution < -0.4 is 0 Å². The van der Waals surface area contributed by atoms with Crippen LogP contribution in [0.2, 0.25) is 0 Å². The van der Waals surface area contributed by atoms with Crippen molar-refractivity contribution in [1.29, 1.82) is 0 Å². The van der Waals surface area contributed by atoms with Gasteiger partial charge in [0.1, 0.15) is 6.29 Å². The fourth-order valence-electron chi connectivity index (χ4n) is 3.68. The summed E-state index contributed by atoms with van der Waals surface area (Å²) in [5.74, 6) is 0.520. The Bertz CT molecular complexity index is 305. The van der Waals surface area contributed by atoms with E-state index in [1.807, 2.05) is 0 Å². The van der Waals surface area contributed by atoms with Crippen molar-refractivity contribution in [2.75, 3.05) is 0 Å². The molecule has 0 amide bonds. The molecule has 2 rings (SSSR count). The Kier molecular flexibility index (Phi) is 3.63. The molecule has 1 heteroatoms. The third-order valence-electron chi connectivity index (χ3n) is 4.49. The van der Waals surface area contributed by atoms with Gasteiger partial charge in [-0.2, -0.15) is 0 Å². The van der Waals surface area contributed by atoms with E-state index in [9.17, 15) is 4.79 Å². The molecular weight excluding hydrogens is 196 g/mol. The molecule has 0 saturated heterocycles. The van der Waals surface area contributed by atoms with Gasteiger partial charge < -0.3 is 0 Å². The van der Waals surface area contributed by atoms with Gasteiger partial charge in [0.15, 0.2) is 0 Å². The van der Waals surface area contributed by atoms with Crippen LogP contribution in [0.3, 0.4) is 0 Å². The van der Waals surface area contributed by atoms with Gasteiger partial charge in [-0.15, -0.1) is 0 Å². The summed E-state index contributed by atoms with van der Waals surface area (Å²) >= 11 is 0. The highest BCUT2D eigenvalue weighted by molar-refractivity contribution is 5.64. The maximum atomic E-state index is 10.5. The topological polar surface area (TPSA) is 17.1 Å². The first kappa shape index (κ1) is 11.6. The van der Waals surface area contributed by atoms with Crippen molar-refractivity contribution in [2.24, 2.45) is 11.3 Å². The van der Waals surface area contributed by atoms with Gasteiger partial charge in [-0.3, -0.25) is 4.79 Å². The van der Waals surface area contributed by atoms with Crippen LogP contribution in [0.25, 0.3) is 0 Å². The van der Waals surface area contributed by atoms with Crippen LogP contribution in [0.1, 0.15) is 51.9 Å². The lowest BCUT2D eigenvalue weighted by atomic mass is 9.59. The van der Waals surface area contributed by atoms with Gasteiger partial charge in [-0.1, -0.05) is 37.0 Å². The summed E-state index contributed by atoms with van der Waals surface area (Å²) in [6.07, 6.45) is 16.5. The van der Waals surface area contributed by atoms with Crippen molar-refractivity contribution in [3.63, 3.8) is 0 Å². The Morgan fingerprint density at radius 1 is 1.25 bits per heavy atom. The summed E-state index contributed by atoms with van der Waals surface area (Å²) in [5, 5.41) is 0. The minimum Gasteiger partial charge on any atom is -0.299 e. The van der Waals surface area contributed by atoms with Gasteiger partial charge in [0, 0.05) is 5.92 Å². The third-order valence-corrected chi connectivity index (χ3v) is 4.49. The summed E-state index contributed by atoms with van der Waals surface area (Å²) in [4.78, 5) is 10.5. The van der Waals surface area contributed by atoms with Crippen molar-refractivity contribution < 1.29 is 4.79 Å². The van der Waals surface area contributed by atoms with E-state index in [4.69, 9.17) is 0 Å². The minimum absolute atomic E-state index is 0.483. The molecule has 0 aromatic carbocycles. The van der Waals surface area contributed by atoms with Crippen LogP contribution in [0.4, 0.5) is 0 Å². The van der Waals surface area contributed by atoms with E-state index in [0.29, 0.717) is 11.3 Å². The first-order chi connectivity index (χ1) is 7.78. The number of carbonyl (C=O) groups excluding carboxylic acids is 1. The average molecular weight is 218 g/mol. The van der Waals surface area contributed by atoms with Gasteiger partial charge in [0.2, 0.25) is 0 Å². The van der Waals surface area contributed by atoms with Gasteiger partial charge in [0.25, 0.3) is 0 Å². The van der Waals surface area contributed by atoms with Crippen molar-refractivity contribution in [1.82, 2.24) is 0 Å². The van der Waals surface area contributed by atoms with Crippen LogP contribution in [0, 0.1) is 11.3 Å². The summed E-state index contributed by atoms with van der Waals surface area (Å²) in [5.41, 5.74) is 1.96. The van der Waals surface area contributed by atoms with E-state index in [1.165, 1.54) is 50.5 Å². The fourth-order valence-corrected chi connectivity index (χ4v) is 3.68. The van der Waals surface area contributed by atoms with E-state index >= 15 is 0 Å². The van der Waals surface area contributed by atoms with Crippen molar-refractivity contribution in [3.05, 3.63) is 23.8 Å². The predicted octanol–water partition coefficient (Wildman–Crippen LogP) is 4.05. The van der Waals surface area contributed by atoms with Crippen LogP contribution in [0.15, 0.2) is 23.8 Å². The molecule has 1 saturated carbocycles. The van der Waals surface area contributed by atoms with Gasteiger partial charge in [-0.25, -0.2) is 0 Å². The molecular formula is C15H22O. The summed E-state index contributed by atoms with van der Waals surface area (Å²) < 4.78 is 0. The second-order valence-corrected chi connectivity index (χ2v) is 5.41. The van der Waals surface area contributed by atoms with E-state index < -0.39 is 0 Å². The van der Waals surface area contributed by atoms with Crippen LogP contribution >= 0.6 is 0 Å².